The van der Waals surface area contributed by atoms with Crippen LogP contribution in [0.5, 0.6) is 5.75 Å². The normalized spacial score (nSPS) is 11.5. The molecule has 6 nitrogen and oxygen atoms in total. The number of nitrogens with one attached hydrogen (secondary N) is 1. The van der Waals surface area contributed by atoms with Crippen molar-refractivity contribution in [3.05, 3.63) is 63.1 Å². The zero-order chi connectivity index (χ0) is 16.1. The van der Waals surface area contributed by atoms with E-state index in [9.17, 15) is 14.9 Å². The molecule has 0 aliphatic carbocycles. The van der Waals surface area contributed by atoms with Gasteiger partial charge in [0, 0.05) is 16.2 Å². The van der Waals surface area contributed by atoms with Crippen LogP contribution in [0, 0.1) is 10.1 Å². The van der Waals surface area contributed by atoms with Gasteiger partial charge in [0.2, 0.25) is 0 Å². The maximum absolute atomic E-state index is 12.1. The summed E-state index contributed by atoms with van der Waals surface area (Å²) in [7, 11) is 0. The number of amides is 1. The van der Waals surface area contributed by atoms with Gasteiger partial charge in [-0.2, -0.15) is 0 Å². The number of ether oxygens (including phenoxy) is 1. The third-order valence-corrected chi connectivity index (χ3v) is 3.32. The number of benzene rings is 2. The summed E-state index contributed by atoms with van der Waals surface area (Å²) in [5.74, 6) is -0.333. The Morgan fingerprint density at radius 1 is 1.27 bits per heavy atom. The van der Waals surface area contributed by atoms with Crippen LogP contribution in [0.25, 0.3) is 0 Å². The number of para-hydroxylation sites is 2. The molecule has 1 amide bonds. The zero-order valence-electron chi connectivity index (χ0n) is 11.7. The lowest BCUT2D eigenvalue weighted by molar-refractivity contribution is -0.386. The number of halogens is 1. The Balaban J connectivity index is 2.07. The lowest BCUT2D eigenvalue weighted by atomic mass is 10.2. The van der Waals surface area contributed by atoms with Gasteiger partial charge in [-0.15, -0.1) is 0 Å². The molecule has 2 aromatic rings. The minimum absolute atomic E-state index is 0.0596. The highest BCUT2D eigenvalue weighted by Crippen LogP contribution is 2.27. The average Bonchev–Trinajstić information content (AvgIpc) is 2.47. The largest absolute Gasteiger partial charge is 0.474 e. The summed E-state index contributed by atoms with van der Waals surface area (Å²) in [4.78, 5) is 22.5. The molecule has 0 saturated carbocycles. The molecule has 114 valence electrons. The fourth-order valence-electron chi connectivity index (χ4n) is 1.76. The quantitative estimate of drug-likeness (QED) is 0.646. The van der Waals surface area contributed by atoms with Gasteiger partial charge >= 0.3 is 5.69 Å². The van der Waals surface area contributed by atoms with Gasteiger partial charge in [0.25, 0.3) is 5.91 Å². The van der Waals surface area contributed by atoms with Crippen molar-refractivity contribution < 1.29 is 14.5 Å². The smallest absolute Gasteiger partial charge is 0.310 e. The van der Waals surface area contributed by atoms with Crippen molar-refractivity contribution in [3.8, 4) is 5.75 Å². The number of nitrogens with zero attached hydrogens (tertiary/aromatic N) is 1. The molecule has 2 rings (SSSR count). The predicted molar refractivity (Wildman–Crippen MR) is 86.0 cm³/mol. The molecular weight excluding hydrogens is 352 g/mol. The third-order valence-electron chi connectivity index (χ3n) is 2.83. The SMILES string of the molecule is CC(Oc1ccccc1[N+](=O)[O-])C(=O)Nc1cccc(Br)c1. The number of hydrogen-bond acceptors (Lipinski definition) is 4. The molecule has 0 aliphatic rings. The molecule has 7 heteroatoms. The van der Waals surface area contributed by atoms with E-state index >= 15 is 0 Å². The molecule has 22 heavy (non-hydrogen) atoms. The fourth-order valence-corrected chi connectivity index (χ4v) is 2.16. The molecule has 1 unspecified atom stereocenters. The summed E-state index contributed by atoms with van der Waals surface area (Å²) in [5, 5.41) is 13.6. The maximum Gasteiger partial charge on any atom is 0.310 e. The van der Waals surface area contributed by atoms with Crippen molar-refractivity contribution in [2.75, 3.05) is 5.32 Å². The van der Waals surface area contributed by atoms with E-state index in [4.69, 9.17) is 4.74 Å². The molecule has 2 aromatic carbocycles. The molecule has 0 spiro atoms. The molecule has 0 aromatic heterocycles. The monoisotopic (exact) mass is 364 g/mol. The van der Waals surface area contributed by atoms with Gasteiger partial charge in [0.05, 0.1) is 4.92 Å². The molecule has 0 aliphatic heterocycles. The van der Waals surface area contributed by atoms with Crippen LogP contribution in [0.3, 0.4) is 0 Å². The highest BCUT2D eigenvalue weighted by Gasteiger charge is 2.20. The minimum Gasteiger partial charge on any atom is -0.474 e. The highest BCUT2D eigenvalue weighted by molar-refractivity contribution is 9.10. The second kappa shape index (κ2) is 7.04. The van der Waals surface area contributed by atoms with E-state index in [1.54, 1.807) is 24.3 Å². The summed E-state index contributed by atoms with van der Waals surface area (Å²) in [6, 6.07) is 13.0. The van der Waals surface area contributed by atoms with E-state index in [-0.39, 0.29) is 11.4 Å². The summed E-state index contributed by atoms with van der Waals surface area (Å²) < 4.78 is 6.24. The topological polar surface area (TPSA) is 81.5 Å². The van der Waals surface area contributed by atoms with Crippen LogP contribution in [0.2, 0.25) is 0 Å². The number of nitro benzene ring substituents is 1. The third kappa shape index (κ3) is 4.05. The predicted octanol–water partition coefficient (Wildman–Crippen LogP) is 3.76. The van der Waals surface area contributed by atoms with Crippen LogP contribution in [0.1, 0.15) is 6.92 Å². The molecule has 0 heterocycles. The lowest BCUT2D eigenvalue weighted by Crippen LogP contribution is -2.30. The van der Waals surface area contributed by atoms with Crippen molar-refractivity contribution in [3.63, 3.8) is 0 Å². The van der Waals surface area contributed by atoms with E-state index in [1.807, 2.05) is 6.07 Å². The minimum atomic E-state index is -0.875. The van der Waals surface area contributed by atoms with Crippen molar-refractivity contribution in [2.24, 2.45) is 0 Å². The van der Waals surface area contributed by atoms with E-state index in [0.29, 0.717) is 5.69 Å². The number of carbonyl (C=O) groups is 1. The molecule has 1 N–H and O–H groups in total. The zero-order valence-corrected chi connectivity index (χ0v) is 13.2. The first-order valence-corrected chi connectivity index (χ1v) is 7.23. The summed E-state index contributed by atoms with van der Waals surface area (Å²) in [5.41, 5.74) is 0.432. The van der Waals surface area contributed by atoms with E-state index in [2.05, 4.69) is 21.2 Å². The van der Waals surface area contributed by atoms with Crippen LogP contribution in [0.4, 0.5) is 11.4 Å². The van der Waals surface area contributed by atoms with E-state index in [0.717, 1.165) is 4.47 Å². The van der Waals surface area contributed by atoms with Crippen molar-refractivity contribution in [1.82, 2.24) is 0 Å². The Bertz CT molecular complexity index is 705. The second-order valence-corrected chi connectivity index (χ2v) is 5.40. The van der Waals surface area contributed by atoms with Crippen LogP contribution >= 0.6 is 15.9 Å². The van der Waals surface area contributed by atoms with E-state index < -0.39 is 16.9 Å². The summed E-state index contributed by atoms with van der Waals surface area (Å²) >= 11 is 3.31. The molecular formula is C15H13BrN2O4. The van der Waals surface area contributed by atoms with Gasteiger partial charge in [0.15, 0.2) is 11.9 Å². The van der Waals surface area contributed by atoms with Gasteiger partial charge in [-0.25, -0.2) is 0 Å². The highest BCUT2D eigenvalue weighted by atomic mass is 79.9. The fraction of sp³-hybridized carbons (Fsp3) is 0.133. The Hall–Kier alpha value is -2.41. The summed E-state index contributed by atoms with van der Waals surface area (Å²) in [6.45, 7) is 1.53. The van der Waals surface area contributed by atoms with Gasteiger partial charge in [-0.05, 0) is 31.2 Å². The van der Waals surface area contributed by atoms with Crippen LogP contribution in [0.15, 0.2) is 53.0 Å². The van der Waals surface area contributed by atoms with Crippen molar-refractivity contribution in [1.29, 1.82) is 0 Å². The molecule has 0 saturated heterocycles. The molecule has 0 radical (unpaired) electrons. The number of hydrogen-bond donors (Lipinski definition) is 1. The van der Waals surface area contributed by atoms with Gasteiger partial charge in [-0.3, -0.25) is 14.9 Å². The van der Waals surface area contributed by atoms with Gasteiger partial charge in [-0.1, -0.05) is 34.1 Å². The first kappa shape index (κ1) is 16.0. The first-order chi connectivity index (χ1) is 10.5. The Morgan fingerprint density at radius 2 is 2.00 bits per heavy atom. The standard InChI is InChI=1S/C15H13BrN2O4/c1-10(15(19)17-12-6-4-5-11(16)9-12)22-14-8-3-2-7-13(14)18(20)21/h2-10H,1H3,(H,17,19). The molecule has 0 fully saturated rings. The van der Waals surface area contributed by atoms with E-state index in [1.165, 1.54) is 25.1 Å². The molecule has 0 bridgehead atoms. The van der Waals surface area contributed by atoms with Crippen molar-refractivity contribution in [2.45, 2.75) is 13.0 Å². The Morgan fingerprint density at radius 3 is 2.68 bits per heavy atom. The Labute approximate surface area is 135 Å². The Kier molecular flexibility index (Phi) is 5.11. The number of anilines is 1. The van der Waals surface area contributed by atoms with Crippen LogP contribution in [-0.2, 0) is 4.79 Å². The second-order valence-electron chi connectivity index (χ2n) is 4.48. The van der Waals surface area contributed by atoms with Gasteiger partial charge in [0.1, 0.15) is 0 Å². The number of carbonyl (C=O) groups excluding carboxylic acids is 1. The van der Waals surface area contributed by atoms with Gasteiger partial charge < -0.3 is 10.1 Å². The lowest BCUT2D eigenvalue weighted by Gasteiger charge is -2.14. The first-order valence-electron chi connectivity index (χ1n) is 6.44. The average molecular weight is 365 g/mol. The molecule has 1 atom stereocenters. The maximum atomic E-state index is 12.1. The number of nitro groups is 1. The summed E-state index contributed by atoms with van der Waals surface area (Å²) in [6.07, 6.45) is -0.875. The number of rotatable bonds is 5. The van der Waals surface area contributed by atoms with Crippen LogP contribution < -0.4 is 10.1 Å². The van der Waals surface area contributed by atoms with Crippen molar-refractivity contribution >= 4 is 33.2 Å². The van der Waals surface area contributed by atoms with Crippen LogP contribution in [-0.4, -0.2) is 16.9 Å².